The molecule has 0 amide bonds. The molecule has 96 valence electrons. The van der Waals surface area contributed by atoms with E-state index in [-0.39, 0.29) is 5.41 Å². The quantitative estimate of drug-likeness (QED) is 0.858. The number of nitrogens with zero attached hydrogens (tertiary/aromatic N) is 3. The van der Waals surface area contributed by atoms with Crippen molar-refractivity contribution in [3.8, 4) is 0 Å². The third kappa shape index (κ3) is 2.84. The molecule has 0 bridgehead atoms. The number of hydrogen-bond acceptors (Lipinski definition) is 5. The van der Waals surface area contributed by atoms with E-state index in [1.165, 1.54) is 0 Å². The average molecular weight is 238 g/mol. The molecule has 0 aliphatic carbocycles. The second-order valence-corrected chi connectivity index (χ2v) is 5.68. The predicted octanol–water partition coefficient (Wildman–Crippen LogP) is 1.36. The van der Waals surface area contributed by atoms with Crippen molar-refractivity contribution < 1.29 is 4.52 Å². The first-order valence-electron chi connectivity index (χ1n) is 6.27. The molecule has 2 N–H and O–H groups in total. The van der Waals surface area contributed by atoms with Gasteiger partial charge in [0.25, 0.3) is 0 Å². The highest BCUT2D eigenvalue weighted by atomic mass is 16.5. The molecule has 5 heteroatoms. The monoisotopic (exact) mass is 238 g/mol. The summed E-state index contributed by atoms with van der Waals surface area (Å²) in [6.07, 6.45) is 1.15. The van der Waals surface area contributed by atoms with Gasteiger partial charge in [-0.1, -0.05) is 25.9 Å². The van der Waals surface area contributed by atoms with Crippen LogP contribution in [0.25, 0.3) is 0 Å². The summed E-state index contributed by atoms with van der Waals surface area (Å²) in [7, 11) is 0. The summed E-state index contributed by atoms with van der Waals surface area (Å²) in [4.78, 5) is 6.75. The van der Waals surface area contributed by atoms with Gasteiger partial charge in [-0.3, -0.25) is 4.90 Å². The summed E-state index contributed by atoms with van der Waals surface area (Å²) >= 11 is 0. The topological polar surface area (TPSA) is 68.2 Å². The summed E-state index contributed by atoms with van der Waals surface area (Å²) in [5.74, 6) is 1.81. The number of nitrogens with two attached hydrogens (primary N) is 1. The second-order valence-electron chi connectivity index (χ2n) is 5.68. The fraction of sp³-hybridized carbons (Fsp3) is 0.833. The van der Waals surface area contributed by atoms with E-state index in [0.29, 0.717) is 5.92 Å². The van der Waals surface area contributed by atoms with E-state index < -0.39 is 0 Å². The lowest BCUT2D eigenvalue weighted by Crippen LogP contribution is -2.31. The van der Waals surface area contributed by atoms with Gasteiger partial charge in [0.1, 0.15) is 0 Å². The van der Waals surface area contributed by atoms with E-state index in [0.717, 1.165) is 44.3 Å². The molecule has 5 nitrogen and oxygen atoms in total. The van der Waals surface area contributed by atoms with Crippen LogP contribution >= 0.6 is 0 Å². The van der Waals surface area contributed by atoms with Gasteiger partial charge in [0.2, 0.25) is 5.89 Å². The normalized spacial score (nSPS) is 25.9. The Labute approximate surface area is 102 Å². The van der Waals surface area contributed by atoms with Crippen LogP contribution in [0.5, 0.6) is 0 Å². The van der Waals surface area contributed by atoms with Crippen LogP contribution in [0.2, 0.25) is 0 Å². The Hall–Kier alpha value is -0.940. The molecule has 2 rings (SSSR count). The predicted molar refractivity (Wildman–Crippen MR) is 65.4 cm³/mol. The van der Waals surface area contributed by atoms with E-state index in [1.54, 1.807) is 0 Å². The zero-order chi connectivity index (χ0) is 12.5. The first-order valence-corrected chi connectivity index (χ1v) is 6.27. The van der Waals surface area contributed by atoms with Gasteiger partial charge in [0.15, 0.2) is 5.82 Å². The zero-order valence-electron chi connectivity index (χ0n) is 10.9. The lowest BCUT2D eigenvalue weighted by atomic mass is 9.90. The Kier molecular flexibility index (Phi) is 3.49. The highest BCUT2D eigenvalue weighted by Crippen LogP contribution is 2.29. The first kappa shape index (κ1) is 12.5. The Morgan fingerprint density at radius 1 is 1.53 bits per heavy atom. The third-order valence-electron chi connectivity index (χ3n) is 3.47. The molecule has 1 unspecified atom stereocenters. The van der Waals surface area contributed by atoms with E-state index in [4.69, 9.17) is 10.3 Å². The number of likely N-dealkylation sites (tertiary alicyclic amines) is 1. The maximum absolute atomic E-state index is 5.79. The van der Waals surface area contributed by atoms with Crippen molar-refractivity contribution in [2.75, 3.05) is 19.6 Å². The summed E-state index contributed by atoms with van der Waals surface area (Å²) in [6, 6.07) is 0. The highest BCUT2D eigenvalue weighted by molar-refractivity contribution is 4.93. The largest absolute Gasteiger partial charge is 0.339 e. The van der Waals surface area contributed by atoms with Crippen molar-refractivity contribution in [1.29, 1.82) is 0 Å². The van der Waals surface area contributed by atoms with Crippen molar-refractivity contribution in [1.82, 2.24) is 15.0 Å². The Morgan fingerprint density at radius 2 is 2.29 bits per heavy atom. The summed E-state index contributed by atoms with van der Waals surface area (Å²) in [5.41, 5.74) is 6.05. The van der Waals surface area contributed by atoms with Crippen LogP contribution in [0.3, 0.4) is 0 Å². The van der Waals surface area contributed by atoms with Crippen molar-refractivity contribution in [2.45, 2.75) is 39.7 Å². The summed E-state index contributed by atoms with van der Waals surface area (Å²) in [6.45, 7) is 9.95. The van der Waals surface area contributed by atoms with Crippen LogP contribution in [0.1, 0.15) is 44.8 Å². The number of aromatic nitrogens is 2. The number of hydrogen-bond donors (Lipinski definition) is 1. The van der Waals surface area contributed by atoms with E-state index in [1.807, 2.05) is 0 Å². The van der Waals surface area contributed by atoms with E-state index >= 15 is 0 Å². The van der Waals surface area contributed by atoms with Crippen LogP contribution in [-0.2, 0) is 6.54 Å². The molecular weight excluding hydrogens is 216 g/mol. The van der Waals surface area contributed by atoms with Gasteiger partial charge in [-0.05, 0) is 24.9 Å². The molecule has 17 heavy (non-hydrogen) atoms. The average Bonchev–Trinajstić information content (AvgIpc) is 2.87. The lowest BCUT2D eigenvalue weighted by molar-refractivity contribution is 0.264. The zero-order valence-corrected chi connectivity index (χ0v) is 10.9. The Balaban J connectivity index is 1.93. The molecule has 1 aromatic rings. The standard InChI is InChI=1S/C12H22N4O/c1-9(2)11-14-10(15-17-11)6-16-5-4-12(3,7-13)8-16/h9H,4-8,13H2,1-3H3. The van der Waals surface area contributed by atoms with Gasteiger partial charge in [-0.15, -0.1) is 0 Å². The molecule has 0 spiro atoms. The van der Waals surface area contributed by atoms with E-state index in [9.17, 15) is 0 Å². The molecule has 1 aromatic heterocycles. The number of rotatable bonds is 4. The molecule has 1 saturated heterocycles. The molecule has 1 fully saturated rings. The van der Waals surface area contributed by atoms with Crippen molar-refractivity contribution in [3.05, 3.63) is 11.7 Å². The lowest BCUT2D eigenvalue weighted by Gasteiger charge is -2.21. The van der Waals surface area contributed by atoms with Gasteiger partial charge in [-0.2, -0.15) is 4.98 Å². The fourth-order valence-electron chi connectivity index (χ4n) is 2.19. The first-order chi connectivity index (χ1) is 8.02. The van der Waals surface area contributed by atoms with Gasteiger partial charge in [-0.25, -0.2) is 0 Å². The molecule has 0 radical (unpaired) electrons. The van der Waals surface area contributed by atoms with Crippen molar-refractivity contribution in [3.63, 3.8) is 0 Å². The minimum Gasteiger partial charge on any atom is -0.339 e. The maximum Gasteiger partial charge on any atom is 0.229 e. The van der Waals surface area contributed by atoms with Gasteiger partial charge < -0.3 is 10.3 Å². The summed E-state index contributed by atoms with van der Waals surface area (Å²) in [5, 5.41) is 4.02. The van der Waals surface area contributed by atoms with Gasteiger partial charge in [0.05, 0.1) is 6.54 Å². The van der Waals surface area contributed by atoms with Gasteiger partial charge >= 0.3 is 0 Å². The van der Waals surface area contributed by atoms with Crippen LogP contribution in [0.4, 0.5) is 0 Å². The van der Waals surface area contributed by atoms with Crippen molar-refractivity contribution in [2.24, 2.45) is 11.1 Å². The fourth-order valence-corrected chi connectivity index (χ4v) is 2.19. The molecule has 0 saturated carbocycles. The molecule has 1 atom stereocenters. The third-order valence-corrected chi connectivity index (χ3v) is 3.47. The maximum atomic E-state index is 5.79. The minimum atomic E-state index is 0.255. The SMILES string of the molecule is CC(C)c1nc(CN2CCC(C)(CN)C2)no1. The van der Waals surface area contributed by atoms with Crippen LogP contribution in [0, 0.1) is 5.41 Å². The van der Waals surface area contributed by atoms with Gasteiger partial charge in [0, 0.05) is 12.5 Å². The van der Waals surface area contributed by atoms with Crippen LogP contribution in [0.15, 0.2) is 4.52 Å². The Bertz CT molecular complexity index is 376. The highest BCUT2D eigenvalue weighted by Gasteiger charge is 2.32. The molecule has 1 aliphatic heterocycles. The van der Waals surface area contributed by atoms with Crippen molar-refractivity contribution >= 4 is 0 Å². The summed E-state index contributed by atoms with van der Waals surface area (Å²) < 4.78 is 5.20. The molecular formula is C12H22N4O. The second kappa shape index (κ2) is 4.74. The van der Waals surface area contributed by atoms with Crippen LogP contribution in [-0.4, -0.2) is 34.7 Å². The Morgan fingerprint density at radius 3 is 2.82 bits per heavy atom. The molecule has 0 aromatic carbocycles. The smallest absolute Gasteiger partial charge is 0.229 e. The van der Waals surface area contributed by atoms with Crippen LogP contribution < -0.4 is 5.73 Å². The molecule has 2 heterocycles. The molecule has 1 aliphatic rings. The van der Waals surface area contributed by atoms with E-state index in [2.05, 4.69) is 35.8 Å². The minimum absolute atomic E-state index is 0.255.